The van der Waals surface area contributed by atoms with Gasteiger partial charge in [0.05, 0.1) is 0 Å². The molecule has 1 aromatic heterocycles. The fourth-order valence-corrected chi connectivity index (χ4v) is 3.11. The van der Waals surface area contributed by atoms with E-state index in [1.54, 1.807) is 6.92 Å². The minimum Gasteiger partial charge on any atom is -0.381 e. The van der Waals surface area contributed by atoms with Crippen molar-refractivity contribution in [2.75, 3.05) is 19.8 Å². The molecule has 2 aromatic rings. The quantitative estimate of drug-likeness (QED) is 0.892. The van der Waals surface area contributed by atoms with Gasteiger partial charge in [-0.15, -0.1) is 0 Å². The maximum Gasteiger partial charge on any atom is 0.263 e. The van der Waals surface area contributed by atoms with Crippen LogP contribution in [0.3, 0.4) is 0 Å². The Morgan fingerprint density at radius 2 is 2.00 bits per heavy atom. The summed E-state index contributed by atoms with van der Waals surface area (Å²) in [6, 6.07) is 10.1. The predicted octanol–water partition coefficient (Wildman–Crippen LogP) is 1.56. The van der Waals surface area contributed by atoms with E-state index in [0.29, 0.717) is 25.6 Å². The molecule has 2 N–H and O–H groups in total. The molecule has 0 bridgehead atoms. The van der Waals surface area contributed by atoms with Gasteiger partial charge in [-0.05, 0) is 25.3 Å². The van der Waals surface area contributed by atoms with Gasteiger partial charge in [-0.25, -0.2) is 4.98 Å². The summed E-state index contributed by atoms with van der Waals surface area (Å²) in [6.45, 7) is 3.47. The van der Waals surface area contributed by atoms with Crippen LogP contribution in [-0.2, 0) is 10.2 Å². The van der Waals surface area contributed by atoms with E-state index in [-0.39, 0.29) is 11.0 Å². The molecule has 0 aliphatic carbocycles. The molecule has 0 spiro atoms. The van der Waals surface area contributed by atoms with Crippen LogP contribution in [0.2, 0.25) is 0 Å². The lowest BCUT2D eigenvalue weighted by Crippen LogP contribution is -2.45. The molecule has 1 amide bonds. The number of nitrogens with one attached hydrogen (secondary N) is 2. The van der Waals surface area contributed by atoms with Crippen LogP contribution in [-0.4, -0.2) is 35.6 Å². The molecular weight excluding hydrogens is 306 g/mol. The second-order valence-electron chi connectivity index (χ2n) is 6.15. The highest BCUT2D eigenvalue weighted by atomic mass is 16.5. The number of hydrogen-bond donors (Lipinski definition) is 2. The van der Waals surface area contributed by atoms with Gasteiger partial charge in [0.15, 0.2) is 0 Å². The van der Waals surface area contributed by atoms with E-state index in [9.17, 15) is 9.59 Å². The van der Waals surface area contributed by atoms with Gasteiger partial charge >= 0.3 is 0 Å². The van der Waals surface area contributed by atoms with Crippen molar-refractivity contribution in [2.45, 2.75) is 25.2 Å². The van der Waals surface area contributed by atoms with Gasteiger partial charge in [0, 0.05) is 31.4 Å². The van der Waals surface area contributed by atoms with Crippen LogP contribution < -0.4 is 10.9 Å². The van der Waals surface area contributed by atoms with Crippen LogP contribution in [0.15, 0.2) is 41.3 Å². The number of rotatable bonds is 4. The standard InChI is InChI=1S/C18H21N3O3/c1-13-19-11-15(17(23)21-13)16(22)20-12-18(7-9-24-10-8-18)14-5-3-2-4-6-14/h2-6,11H,7-10,12H2,1H3,(H,20,22)(H,19,21,23). The summed E-state index contributed by atoms with van der Waals surface area (Å²) in [5, 5.41) is 2.91. The number of carbonyl (C=O) groups excluding carboxylic acids is 1. The molecule has 2 heterocycles. The number of nitrogens with zero attached hydrogens (tertiary/aromatic N) is 1. The largest absolute Gasteiger partial charge is 0.381 e. The first-order chi connectivity index (χ1) is 11.6. The number of aryl methyl sites for hydroxylation is 1. The summed E-state index contributed by atoms with van der Waals surface area (Å²) in [5.41, 5.74) is 0.640. The number of amides is 1. The predicted molar refractivity (Wildman–Crippen MR) is 90.1 cm³/mol. The summed E-state index contributed by atoms with van der Waals surface area (Å²) in [4.78, 5) is 30.8. The molecule has 1 saturated heterocycles. The maximum atomic E-state index is 12.4. The van der Waals surface area contributed by atoms with Crippen LogP contribution in [0, 0.1) is 6.92 Å². The van der Waals surface area contributed by atoms with Crippen molar-refractivity contribution in [1.82, 2.24) is 15.3 Å². The Balaban J connectivity index is 1.79. The summed E-state index contributed by atoms with van der Waals surface area (Å²) in [7, 11) is 0. The highest BCUT2D eigenvalue weighted by Crippen LogP contribution is 2.34. The zero-order chi connectivity index (χ0) is 17.0. The van der Waals surface area contributed by atoms with Crippen molar-refractivity contribution in [3.05, 3.63) is 63.8 Å². The molecule has 0 saturated carbocycles. The molecule has 6 heteroatoms. The Morgan fingerprint density at radius 3 is 2.67 bits per heavy atom. The summed E-state index contributed by atoms with van der Waals surface area (Å²) in [6.07, 6.45) is 2.99. The van der Waals surface area contributed by atoms with Crippen LogP contribution in [0.25, 0.3) is 0 Å². The monoisotopic (exact) mass is 327 g/mol. The van der Waals surface area contributed by atoms with Crippen LogP contribution in [0.5, 0.6) is 0 Å². The van der Waals surface area contributed by atoms with Crippen molar-refractivity contribution in [1.29, 1.82) is 0 Å². The first-order valence-electron chi connectivity index (χ1n) is 8.08. The molecule has 3 rings (SSSR count). The third kappa shape index (κ3) is 3.38. The molecule has 0 unspecified atom stereocenters. The third-order valence-electron chi connectivity index (χ3n) is 4.59. The van der Waals surface area contributed by atoms with E-state index >= 15 is 0 Å². The van der Waals surface area contributed by atoms with Crippen molar-refractivity contribution >= 4 is 5.91 Å². The summed E-state index contributed by atoms with van der Waals surface area (Å²) in [5.74, 6) is 0.0901. The topological polar surface area (TPSA) is 84.1 Å². The SMILES string of the molecule is Cc1ncc(C(=O)NCC2(c3ccccc3)CCOCC2)c(=O)[nH]1. The molecule has 0 atom stereocenters. The zero-order valence-electron chi connectivity index (χ0n) is 13.7. The van der Waals surface area contributed by atoms with Gasteiger partial charge in [-0.1, -0.05) is 30.3 Å². The molecule has 1 fully saturated rings. The Hall–Kier alpha value is -2.47. The fraction of sp³-hybridized carbons (Fsp3) is 0.389. The maximum absolute atomic E-state index is 12.4. The van der Waals surface area contributed by atoms with Gasteiger partial charge in [0.2, 0.25) is 0 Å². The number of aromatic nitrogens is 2. The van der Waals surface area contributed by atoms with E-state index in [4.69, 9.17) is 4.74 Å². The Bertz CT molecular complexity index is 765. The van der Waals surface area contributed by atoms with Crippen molar-refractivity contribution < 1.29 is 9.53 Å². The first-order valence-corrected chi connectivity index (χ1v) is 8.08. The van der Waals surface area contributed by atoms with Crippen LogP contribution in [0.1, 0.15) is 34.6 Å². The molecule has 1 aliphatic heterocycles. The number of aromatic amines is 1. The number of hydrogen-bond acceptors (Lipinski definition) is 4. The van der Waals surface area contributed by atoms with Crippen molar-refractivity contribution in [3.63, 3.8) is 0 Å². The second-order valence-corrected chi connectivity index (χ2v) is 6.15. The van der Waals surface area contributed by atoms with Gasteiger partial charge in [0.1, 0.15) is 11.4 Å². The lowest BCUT2D eigenvalue weighted by atomic mass is 9.74. The Kier molecular flexibility index (Phi) is 4.76. The smallest absolute Gasteiger partial charge is 0.263 e. The van der Waals surface area contributed by atoms with E-state index < -0.39 is 11.5 Å². The molecule has 1 aromatic carbocycles. The summed E-state index contributed by atoms with van der Waals surface area (Å²) >= 11 is 0. The number of carbonyl (C=O) groups is 1. The van der Waals surface area contributed by atoms with Crippen LogP contribution >= 0.6 is 0 Å². The molecule has 6 nitrogen and oxygen atoms in total. The number of H-pyrrole nitrogens is 1. The average Bonchev–Trinajstić information content (AvgIpc) is 2.61. The zero-order valence-corrected chi connectivity index (χ0v) is 13.7. The minimum absolute atomic E-state index is 0.0378. The fourth-order valence-electron chi connectivity index (χ4n) is 3.11. The molecule has 126 valence electrons. The lowest BCUT2D eigenvalue weighted by Gasteiger charge is -2.38. The lowest BCUT2D eigenvalue weighted by molar-refractivity contribution is 0.0487. The molecular formula is C18H21N3O3. The van der Waals surface area contributed by atoms with E-state index in [1.165, 1.54) is 11.8 Å². The number of benzene rings is 1. The van der Waals surface area contributed by atoms with Gasteiger partial charge in [0.25, 0.3) is 11.5 Å². The van der Waals surface area contributed by atoms with E-state index in [0.717, 1.165) is 12.8 Å². The average molecular weight is 327 g/mol. The van der Waals surface area contributed by atoms with E-state index in [1.807, 2.05) is 18.2 Å². The third-order valence-corrected chi connectivity index (χ3v) is 4.59. The van der Waals surface area contributed by atoms with Gasteiger partial charge < -0.3 is 15.0 Å². The summed E-state index contributed by atoms with van der Waals surface area (Å²) < 4.78 is 5.49. The van der Waals surface area contributed by atoms with Crippen molar-refractivity contribution in [3.8, 4) is 0 Å². The molecule has 1 aliphatic rings. The minimum atomic E-state index is -0.416. The highest BCUT2D eigenvalue weighted by Gasteiger charge is 2.35. The number of ether oxygens (including phenoxy) is 1. The highest BCUT2D eigenvalue weighted by molar-refractivity contribution is 5.93. The van der Waals surface area contributed by atoms with E-state index in [2.05, 4.69) is 27.4 Å². The Morgan fingerprint density at radius 1 is 1.29 bits per heavy atom. The Labute approximate surface area is 140 Å². The first kappa shape index (κ1) is 16.4. The molecule has 24 heavy (non-hydrogen) atoms. The normalized spacial score (nSPS) is 16.5. The van der Waals surface area contributed by atoms with Crippen molar-refractivity contribution in [2.24, 2.45) is 0 Å². The van der Waals surface area contributed by atoms with Crippen LogP contribution in [0.4, 0.5) is 0 Å². The van der Waals surface area contributed by atoms with Gasteiger partial charge in [-0.2, -0.15) is 0 Å². The molecule has 0 radical (unpaired) electrons. The second kappa shape index (κ2) is 6.97. The van der Waals surface area contributed by atoms with Gasteiger partial charge in [-0.3, -0.25) is 9.59 Å².